The zero-order valence-electron chi connectivity index (χ0n) is 11.3. The third kappa shape index (κ3) is 2.29. The predicted octanol–water partition coefficient (Wildman–Crippen LogP) is 3.60. The fourth-order valence-electron chi connectivity index (χ4n) is 1.97. The molecule has 1 heterocycles. The number of hydrogen-bond acceptors (Lipinski definition) is 2. The van der Waals surface area contributed by atoms with Gasteiger partial charge in [0.25, 0.3) is 0 Å². The molecule has 0 atom stereocenters. The summed E-state index contributed by atoms with van der Waals surface area (Å²) in [6, 6.07) is 3.59. The quantitative estimate of drug-likeness (QED) is 0.735. The largest absolute Gasteiger partial charge is 0.496 e. The van der Waals surface area contributed by atoms with Gasteiger partial charge in [-0.2, -0.15) is 0 Å². The van der Waals surface area contributed by atoms with Crippen LogP contribution in [0.3, 0.4) is 0 Å². The van der Waals surface area contributed by atoms with Crippen molar-refractivity contribution in [2.24, 2.45) is 0 Å². The van der Waals surface area contributed by atoms with Crippen molar-refractivity contribution in [2.75, 3.05) is 0 Å². The Labute approximate surface area is 119 Å². The van der Waals surface area contributed by atoms with E-state index in [0.29, 0.717) is 10.0 Å². The zero-order chi connectivity index (χ0) is 13.7. The molecule has 18 heavy (non-hydrogen) atoms. The number of benzene rings is 1. The van der Waals surface area contributed by atoms with Crippen molar-refractivity contribution >= 4 is 35.8 Å². The molecule has 1 aliphatic heterocycles. The second-order valence-corrected chi connectivity index (χ2v) is 6.55. The summed E-state index contributed by atoms with van der Waals surface area (Å²) in [5.74, 6) is 0. The van der Waals surface area contributed by atoms with Crippen molar-refractivity contribution in [1.82, 2.24) is 0 Å². The van der Waals surface area contributed by atoms with Gasteiger partial charge in [-0.3, -0.25) is 0 Å². The minimum absolute atomic E-state index is 0.368. The zero-order valence-corrected chi connectivity index (χ0v) is 12.8. The summed E-state index contributed by atoms with van der Waals surface area (Å²) in [6.45, 7) is 10.0. The van der Waals surface area contributed by atoms with E-state index in [0.717, 1.165) is 11.0 Å². The summed E-state index contributed by atoms with van der Waals surface area (Å²) in [5, 5.41) is 1.20. The van der Waals surface area contributed by atoms with Crippen LogP contribution in [0.2, 0.25) is 10.0 Å². The fraction of sp³-hybridized carbons (Fsp3) is 0.538. The lowest BCUT2D eigenvalue weighted by molar-refractivity contribution is 0.00578. The van der Waals surface area contributed by atoms with Crippen molar-refractivity contribution in [3.8, 4) is 0 Å². The van der Waals surface area contributed by atoms with Gasteiger partial charge in [-0.15, -0.1) is 0 Å². The molecule has 0 radical (unpaired) electrons. The first kappa shape index (κ1) is 14.2. The van der Waals surface area contributed by atoms with E-state index in [1.165, 1.54) is 0 Å². The summed E-state index contributed by atoms with van der Waals surface area (Å²) >= 11 is 12.2. The topological polar surface area (TPSA) is 18.5 Å². The van der Waals surface area contributed by atoms with Crippen molar-refractivity contribution in [2.45, 2.75) is 45.8 Å². The van der Waals surface area contributed by atoms with E-state index >= 15 is 0 Å². The van der Waals surface area contributed by atoms with E-state index in [1.54, 1.807) is 6.07 Å². The monoisotopic (exact) mass is 286 g/mol. The smallest absolute Gasteiger partial charge is 0.399 e. The maximum atomic E-state index is 6.26. The molecule has 0 saturated carbocycles. The molecule has 0 aliphatic carbocycles. The van der Waals surface area contributed by atoms with E-state index in [9.17, 15) is 0 Å². The summed E-state index contributed by atoms with van der Waals surface area (Å²) in [7, 11) is -0.445. The molecule has 0 unspecified atom stereocenters. The molecule has 0 aromatic heterocycles. The van der Waals surface area contributed by atoms with Gasteiger partial charge < -0.3 is 9.31 Å². The van der Waals surface area contributed by atoms with Gasteiger partial charge in [0.15, 0.2) is 0 Å². The number of hydrogen-bond donors (Lipinski definition) is 0. The Morgan fingerprint density at radius 2 is 1.50 bits per heavy atom. The molecule has 1 aromatic rings. The van der Waals surface area contributed by atoms with Crippen LogP contribution >= 0.6 is 23.2 Å². The van der Waals surface area contributed by atoms with Gasteiger partial charge >= 0.3 is 7.12 Å². The highest BCUT2D eigenvalue weighted by Crippen LogP contribution is 2.37. The molecule has 1 fully saturated rings. The maximum absolute atomic E-state index is 6.26. The first-order chi connectivity index (χ1) is 8.14. The van der Waals surface area contributed by atoms with Crippen LogP contribution in [-0.4, -0.2) is 18.3 Å². The van der Waals surface area contributed by atoms with Crippen molar-refractivity contribution in [3.05, 3.63) is 27.7 Å². The Kier molecular flexibility index (Phi) is 3.48. The van der Waals surface area contributed by atoms with Gasteiger partial charge in [0.05, 0.1) is 11.2 Å². The molecule has 1 saturated heterocycles. The lowest BCUT2D eigenvalue weighted by atomic mass is 9.76. The molecule has 1 aromatic carbocycles. The van der Waals surface area contributed by atoms with E-state index in [-0.39, 0.29) is 11.2 Å². The molecular formula is C13H17BCl2O2. The van der Waals surface area contributed by atoms with Gasteiger partial charge in [-0.1, -0.05) is 23.2 Å². The summed E-state index contributed by atoms with van der Waals surface area (Å²) in [4.78, 5) is 0. The SMILES string of the molecule is Cc1cc(Cl)cc(Cl)c1B1OC(C)(C)C(C)(C)O1. The van der Waals surface area contributed by atoms with Crippen LogP contribution in [-0.2, 0) is 9.31 Å². The first-order valence-corrected chi connectivity index (χ1v) is 6.71. The Bertz CT molecular complexity index is 447. The van der Waals surface area contributed by atoms with Crippen LogP contribution in [0, 0.1) is 6.92 Å². The van der Waals surface area contributed by atoms with Gasteiger partial charge in [0, 0.05) is 15.5 Å². The van der Waals surface area contributed by atoms with E-state index < -0.39 is 7.12 Å². The van der Waals surface area contributed by atoms with Crippen LogP contribution in [0.4, 0.5) is 0 Å². The van der Waals surface area contributed by atoms with E-state index in [4.69, 9.17) is 32.5 Å². The third-order valence-corrected chi connectivity index (χ3v) is 4.32. The van der Waals surface area contributed by atoms with Crippen LogP contribution in [0.15, 0.2) is 12.1 Å². The maximum Gasteiger partial charge on any atom is 0.496 e. The van der Waals surface area contributed by atoms with Gasteiger partial charge in [-0.05, 0) is 52.3 Å². The second kappa shape index (κ2) is 4.41. The second-order valence-electron chi connectivity index (χ2n) is 5.71. The van der Waals surface area contributed by atoms with Crippen LogP contribution in [0.5, 0.6) is 0 Å². The van der Waals surface area contributed by atoms with Crippen molar-refractivity contribution < 1.29 is 9.31 Å². The minimum Gasteiger partial charge on any atom is -0.399 e. The Balaban J connectivity index is 2.42. The van der Waals surface area contributed by atoms with E-state index in [2.05, 4.69) is 0 Å². The minimum atomic E-state index is -0.445. The van der Waals surface area contributed by atoms with E-state index in [1.807, 2.05) is 40.7 Å². The molecule has 0 amide bonds. The Morgan fingerprint density at radius 1 is 1.00 bits per heavy atom. The number of rotatable bonds is 1. The normalized spacial score (nSPS) is 21.4. The molecule has 0 spiro atoms. The third-order valence-electron chi connectivity index (χ3n) is 3.79. The molecule has 2 nitrogen and oxygen atoms in total. The molecule has 5 heteroatoms. The Hall–Kier alpha value is -0.215. The number of halogens is 2. The lowest BCUT2D eigenvalue weighted by Crippen LogP contribution is -2.41. The molecule has 98 valence electrons. The van der Waals surface area contributed by atoms with Gasteiger partial charge in [-0.25, -0.2) is 0 Å². The van der Waals surface area contributed by atoms with Crippen molar-refractivity contribution in [3.63, 3.8) is 0 Å². The highest BCUT2D eigenvalue weighted by Gasteiger charge is 2.52. The average molecular weight is 287 g/mol. The van der Waals surface area contributed by atoms with Crippen LogP contribution in [0.1, 0.15) is 33.3 Å². The highest BCUT2D eigenvalue weighted by atomic mass is 35.5. The fourth-order valence-corrected chi connectivity index (χ4v) is 2.66. The molecular weight excluding hydrogens is 270 g/mol. The van der Waals surface area contributed by atoms with Gasteiger partial charge in [0.2, 0.25) is 0 Å². The van der Waals surface area contributed by atoms with Crippen LogP contribution in [0.25, 0.3) is 0 Å². The highest BCUT2D eigenvalue weighted by molar-refractivity contribution is 6.66. The Morgan fingerprint density at radius 3 is 1.94 bits per heavy atom. The molecule has 0 bridgehead atoms. The van der Waals surface area contributed by atoms with Crippen molar-refractivity contribution in [1.29, 1.82) is 0 Å². The summed E-state index contributed by atoms with van der Waals surface area (Å²) in [6.07, 6.45) is 0. The summed E-state index contributed by atoms with van der Waals surface area (Å²) < 4.78 is 12.0. The standard InChI is InChI=1S/C13H17BCl2O2/c1-8-6-9(15)7-10(16)11(8)14-17-12(2,3)13(4,5)18-14/h6-7H,1-5H3. The molecule has 2 rings (SSSR count). The van der Waals surface area contributed by atoms with Gasteiger partial charge in [0.1, 0.15) is 0 Å². The predicted molar refractivity (Wildman–Crippen MR) is 76.9 cm³/mol. The first-order valence-electron chi connectivity index (χ1n) is 5.95. The molecule has 0 N–H and O–H groups in total. The summed E-state index contributed by atoms with van der Waals surface area (Å²) in [5.41, 5.74) is 1.10. The average Bonchev–Trinajstić information content (AvgIpc) is 2.32. The molecule has 1 aliphatic rings. The number of aryl methyl sites for hydroxylation is 1. The lowest BCUT2D eigenvalue weighted by Gasteiger charge is -2.32. The van der Waals surface area contributed by atoms with Crippen LogP contribution < -0.4 is 5.46 Å².